The summed E-state index contributed by atoms with van der Waals surface area (Å²) in [5, 5.41) is 4.99. The summed E-state index contributed by atoms with van der Waals surface area (Å²) in [6, 6.07) is 101. The molecule has 14 aromatic carbocycles. The van der Waals surface area contributed by atoms with E-state index in [-0.39, 0.29) is 55.0 Å². The molecule has 0 unspecified atom stereocenters. The van der Waals surface area contributed by atoms with Crippen LogP contribution in [0.25, 0.3) is 32.7 Å². The van der Waals surface area contributed by atoms with Crippen molar-refractivity contribution in [3.63, 3.8) is 0 Å². The van der Waals surface area contributed by atoms with E-state index in [1.54, 1.807) is 0 Å². The molecular formula is C104H88B2N8Se. The first kappa shape index (κ1) is 67.6. The Morgan fingerprint density at radius 2 is 0.530 bits per heavy atom. The minimum absolute atomic E-state index is 0.156. The Morgan fingerprint density at radius 3 is 0.922 bits per heavy atom. The van der Waals surface area contributed by atoms with E-state index < -0.39 is 0 Å². The maximum atomic E-state index is 2.87. The number of para-hydroxylation sites is 4. The monoisotopic (exact) mass is 1550 g/mol. The Balaban J connectivity index is 0.895. The van der Waals surface area contributed by atoms with Gasteiger partial charge in [0.1, 0.15) is 0 Å². The van der Waals surface area contributed by atoms with Crippen LogP contribution >= 0.6 is 0 Å². The SMILES string of the molecule is CC(C)(C)c1cc(C(C)(C)C)c2c3c1N(c1ccccc1)c1ccc4c5c1N3c1c(ccc(-c3ccccc3)c1N2c1ccccc1)B5c1[se]c2c3c1N4c1c(c4ccccc4c4ccccc14)N3c1ccc3c4c1B2c1ccc(C(C)(C)C)c2c1N4c1c(c(C(C)(C)C)cc(C(C)(C)C)c1N2c1ccccc1)N3c1ccccc1. The molecule has 0 aliphatic carbocycles. The molecule has 8 nitrogen and oxygen atoms in total. The Bertz CT molecular complexity index is 6860. The van der Waals surface area contributed by atoms with Gasteiger partial charge in [-0.1, -0.05) is 0 Å². The van der Waals surface area contributed by atoms with Crippen LogP contribution in [0.5, 0.6) is 0 Å². The van der Waals surface area contributed by atoms with Crippen LogP contribution in [-0.2, 0) is 27.1 Å². The fourth-order valence-corrected chi connectivity index (χ4v) is 25.0. The molecule has 24 rings (SSSR count). The molecule has 11 heteroatoms. The molecule has 0 bridgehead atoms. The number of nitrogens with zero attached hydrogens (tertiary/aromatic N) is 8. The number of benzene rings is 14. The standard InChI is InChI=1S/C104H88B2N8Se/c1-100(2,3)69-50-52-75-91-85(69)110(63-43-29-20-30-44-63)89-73(104(13,14)15)58-71(102(7,8)9)87-95(89)114(91)93-79(108(87)61-39-25-18-26-40-61)56-54-77-81(93)106(75)99-97-96-98(115-99)105-74-51-49-64(59-35-21-16-22-36-59)82-90(74)113-92-78(55-53-76(80(92)105)111(96)83-67-47-33-31-45-65(67)66-46-32-34-48-68(66)84(83)112(77)97)107(60-37-23-17-24-38-60)86-70(101(4,5)6)57-72(103(10,11)12)88(94(86)113)109(82)62-41-27-19-28-42-62/h16-58H,1-15H3. The van der Waals surface area contributed by atoms with Gasteiger partial charge in [-0.15, -0.1) is 0 Å². The molecule has 9 aliphatic rings. The third-order valence-corrected chi connectivity index (χ3v) is 29.2. The summed E-state index contributed by atoms with van der Waals surface area (Å²) in [5.41, 5.74) is 42.7. The summed E-state index contributed by atoms with van der Waals surface area (Å²) in [6.07, 6.45) is 0. The molecule has 0 saturated carbocycles. The van der Waals surface area contributed by atoms with Gasteiger partial charge in [-0.2, -0.15) is 0 Å². The number of fused-ring (bicyclic) bond motifs is 14. The van der Waals surface area contributed by atoms with Crippen LogP contribution in [0, 0.1) is 0 Å². The van der Waals surface area contributed by atoms with E-state index in [1.807, 2.05) is 0 Å². The van der Waals surface area contributed by atoms with E-state index in [0.29, 0.717) is 0 Å². The van der Waals surface area contributed by atoms with Crippen molar-refractivity contribution < 1.29 is 0 Å². The van der Waals surface area contributed by atoms with Crippen LogP contribution < -0.4 is 69.7 Å². The summed E-state index contributed by atoms with van der Waals surface area (Å²) in [4.78, 5) is 22.3. The van der Waals surface area contributed by atoms with E-state index in [2.05, 4.69) is 404 Å². The average Bonchev–Trinajstić information content (AvgIpc) is 1.13. The van der Waals surface area contributed by atoms with Crippen molar-refractivity contribution in [2.45, 2.75) is 131 Å². The first-order valence-electron chi connectivity index (χ1n) is 41.3. The topological polar surface area (TPSA) is 25.9 Å². The first-order chi connectivity index (χ1) is 55.4. The molecule has 10 heterocycles. The van der Waals surface area contributed by atoms with Gasteiger partial charge in [-0.3, -0.25) is 0 Å². The Morgan fingerprint density at radius 1 is 0.217 bits per heavy atom. The zero-order valence-corrected chi connectivity index (χ0v) is 69.7. The molecule has 1 aromatic heterocycles. The summed E-state index contributed by atoms with van der Waals surface area (Å²) < 4.78 is 3.02. The predicted molar refractivity (Wildman–Crippen MR) is 492 cm³/mol. The van der Waals surface area contributed by atoms with Crippen LogP contribution in [-0.4, -0.2) is 27.9 Å². The van der Waals surface area contributed by atoms with Crippen molar-refractivity contribution in [1.29, 1.82) is 0 Å². The van der Waals surface area contributed by atoms with Crippen molar-refractivity contribution in [2.75, 3.05) is 39.2 Å². The van der Waals surface area contributed by atoms with Gasteiger partial charge >= 0.3 is 686 Å². The maximum absolute atomic E-state index is 2.87. The van der Waals surface area contributed by atoms with Crippen molar-refractivity contribution in [3.05, 3.63) is 289 Å². The number of hydrogen-bond acceptors (Lipinski definition) is 8. The Kier molecular flexibility index (Phi) is 13.3. The average molecular weight is 1550 g/mol. The van der Waals surface area contributed by atoms with Gasteiger partial charge in [0.2, 0.25) is 0 Å². The number of hydrogen-bond donors (Lipinski definition) is 0. The molecular weight excluding hydrogens is 1460 g/mol. The normalized spacial score (nSPS) is 15.1. The Hall–Kier alpha value is -11.9. The summed E-state index contributed by atoms with van der Waals surface area (Å²) in [6.45, 7) is 36.3. The molecule has 0 fully saturated rings. The molecule has 0 saturated heterocycles. The predicted octanol–water partition coefficient (Wildman–Crippen LogP) is 24.8. The molecule has 0 N–H and O–H groups in total. The van der Waals surface area contributed by atoms with Gasteiger partial charge in [-0.25, -0.2) is 0 Å². The van der Waals surface area contributed by atoms with E-state index >= 15 is 0 Å². The quantitative estimate of drug-likeness (QED) is 0.124. The summed E-state index contributed by atoms with van der Waals surface area (Å²) in [7, 11) is 0. The van der Waals surface area contributed by atoms with Crippen LogP contribution in [0.4, 0.5) is 136 Å². The van der Waals surface area contributed by atoms with E-state index in [4.69, 9.17) is 0 Å². The molecule has 115 heavy (non-hydrogen) atoms. The molecule has 0 atom stereocenters. The molecule has 0 spiro atoms. The first-order valence-corrected chi connectivity index (χ1v) is 43.0. The van der Waals surface area contributed by atoms with Crippen molar-refractivity contribution in [3.8, 4) is 11.1 Å². The van der Waals surface area contributed by atoms with Crippen molar-refractivity contribution >= 4 is 216 Å². The second-order valence-electron chi connectivity index (χ2n) is 38.4. The molecule has 9 aliphatic heterocycles. The minimum atomic E-state index is -0.300. The van der Waals surface area contributed by atoms with Crippen LogP contribution in [0.2, 0.25) is 0 Å². The van der Waals surface area contributed by atoms with Gasteiger partial charge in [0, 0.05) is 0 Å². The third-order valence-electron chi connectivity index (χ3n) is 26.4. The number of rotatable bonds is 5. The fourth-order valence-electron chi connectivity index (χ4n) is 21.8. The molecule has 15 aromatic rings. The molecule has 556 valence electrons. The molecule has 0 radical (unpaired) electrons. The second-order valence-corrected chi connectivity index (χ2v) is 40.7. The van der Waals surface area contributed by atoms with Gasteiger partial charge < -0.3 is 0 Å². The zero-order chi connectivity index (χ0) is 78.1. The zero-order valence-electron chi connectivity index (χ0n) is 68.0. The van der Waals surface area contributed by atoms with Gasteiger partial charge in [0.05, 0.1) is 0 Å². The second kappa shape index (κ2) is 22.6. The Labute approximate surface area is 681 Å². The van der Waals surface area contributed by atoms with E-state index in [0.717, 1.165) is 22.7 Å². The summed E-state index contributed by atoms with van der Waals surface area (Å²) >= 11 is -0.289. The third kappa shape index (κ3) is 8.65. The van der Waals surface area contributed by atoms with E-state index in [9.17, 15) is 0 Å². The van der Waals surface area contributed by atoms with Gasteiger partial charge in [0.25, 0.3) is 0 Å². The van der Waals surface area contributed by atoms with Crippen molar-refractivity contribution in [1.82, 2.24) is 0 Å². The summed E-state index contributed by atoms with van der Waals surface area (Å²) in [5.74, 6) is 0. The van der Waals surface area contributed by atoms with Gasteiger partial charge in [0.15, 0.2) is 0 Å². The van der Waals surface area contributed by atoms with Gasteiger partial charge in [-0.05, 0) is 0 Å². The van der Waals surface area contributed by atoms with Crippen LogP contribution in [0.3, 0.4) is 0 Å². The molecule has 0 amide bonds. The fraction of sp³-hybridized carbons (Fsp3) is 0.192. The number of anilines is 24. The van der Waals surface area contributed by atoms with E-state index in [1.165, 1.54) is 205 Å². The van der Waals surface area contributed by atoms with Crippen molar-refractivity contribution in [2.24, 2.45) is 0 Å². The van der Waals surface area contributed by atoms with Crippen LogP contribution in [0.15, 0.2) is 261 Å². The van der Waals surface area contributed by atoms with Crippen LogP contribution in [0.1, 0.15) is 132 Å².